The van der Waals surface area contributed by atoms with Crippen molar-refractivity contribution in [1.29, 1.82) is 5.26 Å². The molecular formula is C17H26N2O. The minimum atomic E-state index is -0.334. The van der Waals surface area contributed by atoms with E-state index in [0.29, 0.717) is 12.3 Å². The van der Waals surface area contributed by atoms with Crippen molar-refractivity contribution in [3.63, 3.8) is 0 Å². The van der Waals surface area contributed by atoms with E-state index >= 15 is 0 Å². The Bertz CT molecular complexity index is 395. The van der Waals surface area contributed by atoms with Crippen molar-refractivity contribution in [2.75, 3.05) is 0 Å². The molecule has 1 amide bonds. The molecular weight excluding hydrogens is 248 g/mol. The van der Waals surface area contributed by atoms with Gasteiger partial charge in [-0.2, -0.15) is 5.26 Å². The third-order valence-electron chi connectivity index (χ3n) is 5.97. The van der Waals surface area contributed by atoms with Crippen LogP contribution < -0.4 is 5.32 Å². The first kappa shape index (κ1) is 13.9. The lowest BCUT2D eigenvalue weighted by Crippen LogP contribution is -2.47. The standard InChI is InChI=1S/C17H26N2O/c1-10(2)16(9-18)19-17(20)8-15-13-4-11-3-12(6-13)7-14(15)5-11/h10-16H,3-8H2,1-2H3,(H,19,20). The van der Waals surface area contributed by atoms with Gasteiger partial charge >= 0.3 is 0 Å². The minimum absolute atomic E-state index is 0.0997. The van der Waals surface area contributed by atoms with Crippen molar-refractivity contribution in [2.24, 2.45) is 35.5 Å². The second-order valence-electron chi connectivity index (χ2n) is 7.72. The lowest BCUT2D eigenvalue weighted by Gasteiger charge is -2.54. The van der Waals surface area contributed by atoms with Crippen LogP contribution in [0, 0.1) is 46.8 Å². The SMILES string of the molecule is CC(C)C(C#N)NC(=O)CC1C2CC3CC(C2)CC1C3. The van der Waals surface area contributed by atoms with E-state index in [1.807, 2.05) is 13.8 Å². The van der Waals surface area contributed by atoms with Crippen molar-refractivity contribution in [3.8, 4) is 6.07 Å². The highest BCUT2D eigenvalue weighted by atomic mass is 16.1. The lowest BCUT2D eigenvalue weighted by atomic mass is 9.51. The Hall–Kier alpha value is -1.04. The second-order valence-corrected chi connectivity index (χ2v) is 7.72. The topological polar surface area (TPSA) is 52.9 Å². The van der Waals surface area contributed by atoms with Crippen molar-refractivity contribution in [3.05, 3.63) is 0 Å². The van der Waals surface area contributed by atoms with Crippen LogP contribution in [-0.2, 0) is 4.79 Å². The van der Waals surface area contributed by atoms with E-state index in [9.17, 15) is 4.79 Å². The Morgan fingerprint density at radius 2 is 1.70 bits per heavy atom. The maximum atomic E-state index is 12.2. The number of nitriles is 1. The number of nitrogens with one attached hydrogen (secondary N) is 1. The zero-order valence-electron chi connectivity index (χ0n) is 12.6. The van der Waals surface area contributed by atoms with Gasteiger partial charge in [-0.25, -0.2) is 0 Å². The third-order valence-corrected chi connectivity index (χ3v) is 5.97. The first-order chi connectivity index (χ1) is 9.56. The van der Waals surface area contributed by atoms with Gasteiger partial charge in [0.15, 0.2) is 0 Å². The van der Waals surface area contributed by atoms with Gasteiger partial charge in [0.05, 0.1) is 6.07 Å². The molecule has 4 bridgehead atoms. The van der Waals surface area contributed by atoms with Crippen molar-refractivity contribution >= 4 is 5.91 Å². The second kappa shape index (κ2) is 5.39. The summed E-state index contributed by atoms with van der Waals surface area (Å²) < 4.78 is 0. The monoisotopic (exact) mass is 274 g/mol. The van der Waals surface area contributed by atoms with Gasteiger partial charge in [0, 0.05) is 6.42 Å². The average molecular weight is 274 g/mol. The highest BCUT2D eigenvalue weighted by molar-refractivity contribution is 5.77. The highest BCUT2D eigenvalue weighted by Gasteiger charge is 2.48. The molecule has 0 saturated heterocycles. The first-order valence-electron chi connectivity index (χ1n) is 8.25. The average Bonchev–Trinajstić information content (AvgIpc) is 2.39. The largest absolute Gasteiger partial charge is 0.340 e. The number of amides is 1. The third kappa shape index (κ3) is 2.57. The molecule has 4 aliphatic rings. The van der Waals surface area contributed by atoms with E-state index in [-0.39, 0.29) is 17.9 Å². The normalized spacial score (nSPS) is 39.6. The molecule has 0 spiro atoms. The predicted octanol–water partition coefficient (Wildman–Crippen LogP) is 3.11. The molecule has 0 aromatic heterocycles. The summed E-state index contributed by atoms with van der Waals surface area (Å²) in [6.45, 7) is 3.97. The summed E-state index contributed by atoms with van der Waals surface area (Å²) in [5, 5.41) is 12.0. The molecule has 1 atom stereocenters. The first-order valence-corrected chi connectivity index (χ1v) is 8.25. The van der Waals surface area contributed by atoms with Crippen LogP contribution in [0.5, 0.6) is 0 Å². The molecule has 4 rings (SSSR count). The predicted molar refractivity (Wildman–Crippen MR) is 77.5 cm³/mol. The molecule has 110 valence electrons. The van der Waals surface area contributed by atoms with Gasteiger partial charge in [-0.05, 0) is 67.6 Å². The van der Waals surface area contributed by atoms with E-state index < -0.39 is 0 Å². The summed E-state index contributed by atoms with van der Waals surface area (Å²) in [4.78, 5) is 12.2. The van der Waals surface area contributed by atoms with Crippen LogP contribution in [0.4, 0.5) is 0 Å². The minimum Gasteiger partial charge on any atom is -0.340 e. The van der Waals surface area contributed by atoms with Crippen LogP contribution in [0.2, 0.25) is 0 Å². The number of carbonyl (C=O) groups is 1. The van der Waals surface area contributed by atoms with Crippen LogP contribution in [0.25, 0.3) is 0 Å². The number of rotatable bonds is 4. The lowest BCUT2D eigenvalue weighted by molar-refractivity contribution is -0.126. The van der Waals surface area contributed by atoms with Gasteiger partial charge in [-0.1, -0.05) is 13.8 Å². The molecule has 4 saturated carbocycles. The maximum Gasteiger partial charge on any atom is 0.221 e. The Morgan fingerprint density at radius 1 is 1.15 bits per heavy atom. The molecule has 20 heavy (non-hydrogen) atoms. The van der Waals surface area contributed by atoms with Crippen LogP contribution in [0.15, 0.2) is 0 Å². The van der Waals surface area contributed by atoms with Gasteiger partial charge in [0.25, 0.3) is 0 Å². The van der Waals surface area contributed by atoms with Crippen molar-refractivity contribution in [1.82, 2.24) is 5.32 Å². The molecule has 1 N–H and O–H groups in total. The molecule has 0 aliphatic heterocycles. The Labute approximate surface area is 122 Å². The molecule has 1 unspecified atom stereocenters. The highest BCUT2D eigenvalue weighted by Crippen LogP contribution is 2.57. The summed E-state index contributed by atoms with van der Waals surface area (Å²) in [7, 11) is 0. The molecule has 0 heterocycles. The smallest absolute Gasteiger partial charge is 0.221 e. The zero-order valence-corrected chi connectivity index (χ0v) is 12.6. The van der Waals surface area contributed by atoms with Crippen LogP contribution >= 0.6 is 0 Å². The van der Waals surface area contributed by atoms with Crippen LogP contribution in [-0.4, -0.2) is 11.9 Å². The van der Waals surface area contributed by atoms with Gasteiger partial charge in [0.2, 0.25) is 5.91 Å². The van der Waals surface area contributed by atoms with Crippen LogP contribution in [0.3, 0.4) is 0 Å². The Kier molecular flexibility index (Phi) is 3.75. The van der Waals surface area contributed by atoms with Gasteiger partial charge < -0.3 is 5.32 Å². The number of hydrogen-bond donors (Lipinski definition) is 1. The molecule has 0 aromatic carbocycles. The summed E-state index contributed by atoms with van der Waals surface area (Å²) in [6.07, 6.45) is 7.54. The summed E-state index contributed by atoms with van der Waals surface area (Å²) in [5.41, 5.74) is 0. The van der Waals surface area contributed by atoms with E-state index in [1.165, 1.54) is 32.1 Å². The van der Waals surface area contributed by atoms with E-state index in [0.717, 1.165) is 23.7 Å². The number of carbonyl (C=O) groups excluding carboxylic acids is 1. The number of nitrogens with zero attached hydrogens (tertiary/aromatic N) is 1. The molecule has 4 aliphatic carbocycles. The fourth-order valence-electron chi connectivity index (χ4n) is 5.17. The fraction of sp³-hybridized carbons (Fsp3) is 0.882. The summed E-state index contributed by atoms with van der Waals surface area (Å²) >= 11 is 0. The van der Waals surface area contributed by atoms with E-state index in [1.54, 1.807) is 0 Å². The van der Waals surface area contributed by atoms with Gasteiger partial charge in [-0.15, -0.1) is 0 Å². The summed E-state index contributed by atoms with van der Waals surface area (Å²) in [6, 6.07) is 1.87. The Morgan fingerprint density at radius 3 is 2.15 bits per heavy atom. The van der Waals surface area contributed by atoms with Crippen LogP contribution in [0.1, 0.15) is 52.4 Å². The molecule has 4 fully saturated rings. The number of hydrogen-bond acceptors (Lipinski definition) is 2. The molecule has 0 radical (unpaired) electrons. The maximum absolute atomic E-state index is 12.2. The molecule has 3 heteroatoms. The van der Waals surface area contributed by atoms with Gasteiger partial charge in [-0.3, -0.25) is 4.79 Å². The quantitative estimate of drug-likeness (QED) is 0.856. The summed E-state index contributed by atoms with van der Waals surface area (Å²) in [5.74, 6) is 4.37. The zero-order chi connectivity index (χ0) is 14.3. The van der Waals surface area contributed by atoms with Gasteiger partial charge in [0.1, 0.15) is 6.04 Å². The molecule has 3 nitrogen and oxygen atoms in total. The van der Waals surface area contributed by atoms with E-state index in [2.05, 4.69) is 11.4 Å². The van der Waals surface area contributed by atoms with Crippen molar-refractivity contribution < 1.29 is 4.79 Å². The molecule has 0 aromatic rings. The Balaban J connectivity index is 1.58. The van der Waals surface area contributed by atoms with E-state index in [4.69, 9.17) is 5.26 Å². The van der Waals surface area contributed by atoms with Crippen molar-refractivity contribution in [2.45, 2.75) is 58.4 Å². The fourth-order valence-corrected chi connectivity index (χ4v) is 5.17.